The van der Waals surface area contributed by atoms with Crippen molar-refractivity contribution in [3.8, 4) is 11.6 Å². The van der Waals surface area contributed by atoms with Crippen molar-refractivity contribution < 1.29 is 14.3 Å². The molecule has 1 aliphatic heterocycles. The number of pyridine rings is 1. The van der Waals surface area contributed by atoms with Crippen LogP contribution in [0.4, 0.5) is 0 Å². The molecule has 0 radical (unpaired) electrons. The molecule has 3 heterocycles. The Morgan fingerprint density at radius 3 is 2.61 bits per heavy atom. The average Bonchev–Trinajstić information content (AvgIpc) is 3.30. The van der Waals surface area contributed by atoms with Crippen LogP contribution in [0.2, 0.25) is 0 Å². The number of imidazole rings is 1. The molecule has 2 aromatic heterocycles. The van der Waals surface area contributed by atoms with Crippen LogP contribution in [0.3, 0.4) is 0 Å². The normalized spacial score (nSPS) is 14.9. The Labute approximate surface area is 191 Å². The second kappa shape index (κ2) is 9.34. The second-order valence-electron chi connectivity index (χ2n) is 8.20. The third-order valence-corrected chi connectivity index (χ3v) is 6.10. The Morgan fingerprint density at radius 1 is 1.06 bits per heavy atom. The summed E-state index contributed by atoms with van der Waals surface area (Å²) in [5.41, 5.74) is 3.21. The van der Waals surface area contributed by atoms with Gasteiger partial charge in [0.05, 0.1) is 17.6 Å². The lowest BCUT2D eigenvalue weighted by Gasteiger charge is -2.31. The molecule has 0 atom stereocenters. The van der Waals surface area contributed by atoms with E-state index in [9.17, 15) is 9.59 Å². The van der Waals surface area contributed by atoms with Crippen molar-refractivity contribution in [2.24, 2.45) is 0 Å². The van der Waals surface area contributed by atoms with E-state index in [1.54, 1.807) is 30.5 Å². The lowest BCUT2D eigenvalue weighted by atomic mass is 9.90. The van der Waals surface area contributed by atoms with E-state index >= 15 is 0 Å². The molecule has 0 saturated carbocycles. The highest BCUT2D eigenvalue weighted by Gasteiger charge is 2.24. The third-order valence-electron chi connectivity index (χ3n) is 6.10. The summed E-state index contributed by atoms with van der Waals surface area (Å²) in [6, 6.07) is 18.6. The number of ether oxygens (including phenoxy) is 1. The number of fused-ring (bicyclic) bond motifs is 1. The number of benzene rings is 2. The highest BCUT2D eigenvalue weighted by Crippen LogP contribution is 2.35. The summed E-state index contributed by atoms with van der Waals surface area (Å²) in [7, 11) is 0. The van der Waals surface area contributed by atoms with Crippen LogP contribution in [0, 0.1) is 0 Å². The van der Waals surface area contributed by atoms with Crippen LogP contribution in [0.1, 0.15) is 40.5 Å². The third kappa shape index (κ3) is 4.54. The molecule has 7 heteroatoms. The molecule has 7 nitrogen and oxygen atoms in total. The number of aromatic nitrogens is 3. The smallest absolute Gasteiger partial charge is 0.228 e. The molecule has 1 fully saturated rings. The molecule has 166 valence electrons. The van der Waals surface area contributed by atoms with Crippen molar-refractivity contribution in [3.63, 3.8) is 0 Å². The zero-order chi connectivity index (χ0) is 22.6. The van der Waals surface area contributed by atoms with Gasteiger partial charge in [-0.3, -0.25) is 9.69 Å². The van der Waals surface area contributed by atoms with Gasteiger partial charge in [-0.05, 0) is 74.3 Å². The molecule has 4 aromatic rings. The summed E-state index contributed by atoms with van der Waals surface area (Å²) in [4.78, 5) is 37.7. The number of carbonyl (C=O) groups is 2. The van der Waals surface area contributed by atoms with Gasteiger partial charge < -0.3 is 14.5 Å². The van der Waals surface area contributed by atoms with Gasteiger partial charge in [0, 0.05) is 17.3 Å². The predicted octanol–water partition coefficient (Wildman–Crippen LogP) is 4.36. The van der Waals surface area contributed by atoms with E-state index in [0.717, 1.165) is 48.8 Å². The fraction of sp³-hybridized carbons (Fsp3) is 0.231. The van der Waals surface area contributed by atoms with Gasteiger partial charge in [0.2, 0.25) is 11.7 Å². The number of H-pyrrole nitrogens is 1. The van der Waals surface area contributed by atoms with Gasteiger partial charge in [-0.1, -0.05) is 18.2 Å². The number of nitrogens with one attached hydrogen (secondary N) is 1. The minimum absolute atomic E-state index is 0.168. The van der Waals surface area contributed by atoms with Crippen molar-refractivity contribution >= 4 is 23.1 Å². The minimum Gasteiger partial charge on any atom is -0.439 e. The molecule has 0 bridgehead atoms. The molecule has 2 aromatic carbocycles. The first-order chi connectivity index (χ1) is 16.2. The summed E-state index contributed by atoms with van der Waals surface area (Å²) in [5.74, 6) is 1.69. The van der Waals surface area contributed by atoms with Crippen molar-refractivity contribution in [2.45, 2.75) is 18.8 Å². The zero-order valence-electron chi connectivity index (χ0n) is 18.1. The number of carbonyl (C=O) groups excluding carboxylic acids is 2. The van der Waals surface area contributed by atoms with E-state index in [-0.39, 0.29) is 5.78 Å². The van der Waals surface area contributed by atoms with E-state index in [4.69, 9.17) is 4.74 Å². The lowest BCUT2D eigenvalue weighted by Crippen LogP contribution is -2.34. The van der Waals surface area contributed by atoms with Crippen LogP contribution >= 0.6 is 0 Å². The Kier molecular flexibility index (Phi) is 5.95. The van der Waals surface area contributed by atoms with E-state index in [1.165, 1.54) is 0 Å². The summed E-state index contributed by atoms with van der Waals surface area (Å²) in [5, 5.41) is 0. The number of ketones is 1. The van der Waals surface area contributed by atoms with Gasteiger partial charge in [-0.2, -0.15) is 0 Å². The molecule has 1 N–H and O–H groups in total. The van der Waals surface area contributed by atoms with E-state index < -0.39 is 0 Å². The molecule has 1 aliphatic rings. The average molecular weight is 441 g/mol. The fourth-order valence-corrected chi connectivity index (χ4v) is 4.31. The molecule has 0 unspecified atom stereocenters. The number of piperidine rings is 1. The summed E-state index contributed by atoms with van der Waals surface area (Å²) < 4.78 is 6.11. The molecule has 0 aliphatic carbocycles. The van der Waals surface area contributed by atoms with Crippen LogP contribution in [-0.2, 0) is 4.79 Å². The number of nitrogens with zero attached hydrogens (tertiary/aromatic N) is 3. The molecule has 0 spiro atoms. The number of likely N-dealkylation sites (tertiary alicyclic amines) is 1. The highest BCUT2D eigenvalue weighted by atomic mass is 16.5. The van der Waals surface area contributed by atoms with Gasteiger partial charge >= 0.3 is 0 Å². The molecule has 0 amide bonds. The number of hydrogen-bond donors (Lipinski definition) is 1. The minimum atomic E-state index is -0.168. The van der Waals surface area contributed by atoms with E-state index in [0.29, 0.717) is 35.5 Å². The number of aldehydes is 1. The zero-order valence-corrected chi connectivity index (χ0v) is 18.1. The van der Waals surface area contributed by atoms with Gasteiger partial charge in [-0.15, -0.1) is 0 Å². The molecule has 1 saturated heterocycles. The maximum atomic E-state index is 12.8. The first-order valence-electron chi connectivity index (χ1n) is 11.1. The van der Waals surface area contributed by atoms with E-state index in [1.807, 2.05) is 30.3 Å². The van der Waals surface area contributed by atoms with Crippen molar-refractivity contribution in [1.29, 1.82) is 0 Å². The molecular formula is C26H24N4O3. The van der Waals surface area contributed by atoms with Crippen LogP contribution in [0.15, 0.2) is 66.9 Å². The van der Waals surface area contributed by atoms with Gasteiger partial charge in [0.1, 0.15) is 12.0 Å². The summed E-state index contributed by atoms with van der Waals surface area (Å²) >= 11 is 0. The topological polar surface area (TPSA) is 88.2 Å². The number of aromatic amines is 1. The number of rotatable bonds is 7. The van der Waals surface area contributed by atoms with Gasteiger partial charge in [-0.25, -0.2) is 9.97 Å². The number of hydrogen-bond acceptors (Lipinski definition) is 6. The maximum Gasteiger partial charge on any atom is 0.228 e. The Hall–Kier alpha value is -3.84. The summed E-state index contributed by atoms with van der Waals surface area (Å²) in [6.45, 7) is 2.26. The maximum absolute atomic E-state index is 12.8. The molecular weight excluding hydrogens is 416 g/mol. The van der Waals surface area contributed by atoms with Crippen molar-refractivity contribution in [3.05, 3.63) is 83.8 Å². The Bertz CT molecular complexity index is 1240. The van der Waals surface area contributed by atoms with Crippen LogP contribution in [0.25, 0.3) is 11.0 Å². The van der Waals surface area contributed by atoms with Crippen molar-refractivity contribution in [1.82, 2.24) is 19.9 Å². The highest BCUT2D eigenvalue weighted by molar-refractivity contribution is 6.08. The lowest BCUT2D eigenvalue weighted by molar-refractivity contribution is -0.109. The first-order valence-corrected chi connectivity index (χ1v) is 11.1. The standard InChI is InChI=1S/C26H24N4O3/c31-17-16-30-14-11-18(12-15-30)21-4-3-13-27-26(21)33-20-9-7-19(8-10-20)24(32)25-28-22-5-1-2-6-23(22)29-25/h1-10,13,17-18H,11-12,14-16H2,(H,28,29). The Balaban J connectivity index is 1.30. The largest absolute Gasteiger partial charge is 0.439 e. The molecule has 5 rings (SSSR count). The number of para-hydroxylation sites is 2. The molecule has 33 heavy (non-hydrogen) atoms. The fourth-order valence-electron chi connectivity index (χ4n) is 4.31. The monoisotopic (exact) mass is 440 g/mol. The predicted molar refractivity (Wildman–Crippen MR) is 125 cm³/mol. The van der Waals surface area contributed by atoms with Gasteiger partial charge in [0.25, 0.3) is 0 Å². The van der Waals surface area contributed by atoms with Crippen molar-refractivity contribution in [2.75, 3.05) is 19.6 Å². The van der Waals surface area contributed by atoms with Gasteiger partial charge in [0.15, 0.2) is 5.82 Å². The SMILES string of the molecule is O=CCN1CCC(c2cccnc2Oc2ccc(C(=O)c3nc4ccccc4[nH]3)cc2)CC1. The van der Waals surface area contributed by atoms with E-state index in [2.05, 4.69) is 25.9 Å². The summed E-state index contributed by atoms with van der Waals surface area (Å²) in [6.07, 6.45) is 4.60. The second-order valence-corrected chi connectivity index (χ2v) is 8.20. The van der Waals surface area contributed by atoms with Crippen LogP contribution in [0.5, 0.6) is 11.6 Å². The Morgan fingerprint density at radius 2 is 1.85 bits per heavy atom. The first kappa shape index (κ1) is 21.0. The quantitative estimate of drug-likeness (QED) is 0.339. The van der Waals surface area contributed by atoms with Crippen LogP contribution < -0.4 is 4.74 Å². The van der Waals surface area contributed by atoms with Crippen LogP contribution in [-0.4, -0.2) is 51.6 Å².